The van der Waals surface area contributed by atoms with Crippen molar-refractivity contribution in [2.45, 2.75) is 57.3 Å². The van der Waals surface area contributed by atoms with Crippen LogP contribution in [-0.2, 0) is 4.79 Å². The minimum atomic E-state index is -4.39. The van der Waals surface area contributed by atoms with E-state index in [9.17, 15) is 18.0 Å². The van der Waals surface area contributed by atoms with Crippen molar-refractivity contribution in [3.8, 4) is 5.75 Å². The van der Waals surface area contributed by atoms with E-state index >= 15 is 0 Å². The lowest BCUT2D eigenvalue weighted by atomic mass is 9.89. The molecule has 2 N–H and O–H groups in total. The molecular weight excluding hydrogens is 369 g/mol. The molecule has 1 amide bonds. The Labute approximate surface area is 157 Å². The number of hydrogen-bond acceptors (Lipinski definition) is 3. The number of alkyl halides is 3. The number of amides is 1. The molecule has 2 aliphatic heterocycles. The first-order valence-electron chi connectivity index (χ1n) is 8.65. The standard InChI is InChI=1S/C18H23F3N2O2.ClH/c1-11-15(3-2-4-16(11)25-10-18(19,20)21)23-17(24)9-12-7-13-5-6-14(8-12)22-13;/h2-4,12-14,22H,5-10H2,1H3,(H,23,24);1H. The zero-order valence-corrected chi connectivity index (χ0v) is 15.4. The quantitative estimate of drug-likeness (QED) is 0.789. The molecule has 1 aromatic carbocycles. The van der Waals surface area contributed by atoms with E-state index < -0.39 is 12.8 Å². The van der Waals surface area contributed by atoms with E-state index in [-0.39, 0.29) is 24.1 Å². The molecule has 0 radical (unpaired) electrons. The number of benzene rings is 1. The molecule has 2 bridgehead atoms. The van der Waals surface area contributed by atoms with Crippen LogP contribution in [0.4, 0.5) is 18.9 Å². The summed E-state index contributed by atoms with van der Waals surface area (Å²) >= 11 is 0. The van der Waals surface area contributed by atoms with Crippen LogP contribution in [-0.4, -0.2) is 30.8 Å². The molecule has 1 aromatic rings. The number of carbonyl (C=O) groups is 1. The topological polar surface area (TPSA) is 50.4 Å². The van der Waals surface area contributed by atoms with Crippen molar-refractivity contribution in [1.82, 2.24) is 5.32 Å². The highest BCUT2D eigenvalue weighted by Crippen LogP contribution is 2.33. The van der Waals surface area contributed by atoms with Crippen molar-refractivity contribution in [2.75, 3.05) is 11.9 Å². The van der Waals surface area contributed by atoms with Crippen LogP contribution < -0.4 is 15.4 Å². The van der Waals surface area contributed by atoms with Gasteiger partial charge in [0.2, 0.25) is 5.91 Å². The van der Waals surface area contributed by atoms with Crippen molar-refractivity contribution < 1.29 is 22.7 Å². The fourth-order valence-corrected chi connectivity index (χ4v) is 3.87. The second-order valence-electron chi connectivity index (χ2n) is 7.06. The van der Waals surface area contributed by atoms with E-state index in [4.69, 9.17) is 4.74 Å². The molecule has 2 saturated heterocycles. The van der Waals surface area contributed by atoms with E-state index in [1.54, 1.807) is 19.1 Å². The van der Waals surface area contributed by atoms with Crippen LogP contribution in [0.5, 0.6) is 5.75 Å². The Morgan fingerprint density at radius 1 is 1.27 bits per heavy atom. The fourth-order valence-electron chi connectivity index (χ4n) is 3.87. The van der Waals surface area contributed by atoms with Crippen molar-refractivity contribution in [3.05, 3.63) is 23.8 Å². The maximum atomic E-state index is 12.3. The average molecular weight is 393 g/mol. The lowest BCUT2D eigenvalue weighted by Crippen LogP contribution is -2.39. The van der Waals surface area contributed by atoms with Gasteiger partial charge in [0.25, 0.3) is 0 Å². The molecule has 146 valence electrons. The molecule has 0 aromatic heterocycles. The van der Waals surface area contributed by atoms with Crippen LogP contribution in [0.2, 0.25) is 0 Å². The average Bonchev–Trinajstić information content (AvgIpc) is 2.86. The number of fused-ring (bicyclic) bond motifs is 2. The van der Waals surface area contributed by atoms with E-state index in [2.05, 4.69) is 10.6 Å². The summed E-state index contributed by atoms with van der Waals surface area (Å²) in [6.45, 7) is 0.301. The molecule has 0 aliphatic carbocycles. The number of halogens is 4. The maximum absolute atomic E-state index is 12.3. The molecule has 8 heteroatoms. The van der Waals surface area contributed by atoms with Crippen molar-refractivity contribution in [3.63, 3.8) is 0 Å². The Kier molecular flexibility index (Phi) is 6.80. The molecule has 2 aliphatic rings. The molecule has 3 rings (SSSR count). The first-order valence-corrected chi connectivity index (χ1v) is 8.65. The molecule has 0 spiro atoms. The number of ether oxygens (including phenoxy) is 1. The normalized spacial score (nSPS) is 24.7. The van der Waals surface area contributed by atoms with Crippen LogP contribution in [0.3, 0.4) is 0 Å². The zero-order valence-electron chi connectivity index (χ0n) is 14.6. The van der Waals surface area contributed by atoms with Gasteiger partial charge in [0.15, 0.2) is 6.61 Å². The Morgan fingerprint density at radius 3 is 2.54 bits per heavy atom. The highest BCUT2D eigenvalue weighted by atomic mass is 35.5. The van der Waals surface area contributed by atoms with Gasteiger partial charge in [0.05, 0.1) is 0 Å². The second kappa shape index (κ2) is 8.48. The van der Waals surface area contributed by atoms with Crippen LogP contribution in [0.25, 0.3) is 0 Å². The van der Waals surface area contributed by atoms with Crippen molar-refractivity contribution >= 4 is 24.0 Å². The van der Waals surface area contributed by atoms with Crippen molar-refractivity contribution in [1.29, 1.82) is 0 Å². The van der Waals surface area contributed by atoms with E-state index in [0.29, 0.717) is 35.7 Å². The second-order valence-corrected chi connectivity index (χ2v) is 7.06. The predicted molar refractivity (Wildman–Crippen MR) is 95.9 cm³/mol. The Balaban J connectivity index is 0.00000243. The van der Waals surface area contributed by atoms with Crippen LogP contribution in [0, 0.1) is 12.8 Å². The summed E-state index contributed by atoms with van der Waals surface area (Å²) in [6, 6.07) is 5.79. The first-order chi connectivity index (χ1) is 11.8. The van der Waals surface area contributed by atoms with Crippen LogP contribution in [0.15, 0.2) is 18.2 Å². The molecule has 4 nitrogen and oxygen atoms in total. The van der Waals surface area contributed by atoms with E-state index in [1.165, 1.54) is 18.9 Å². The molecular formula is C18H24ClF3N2O2. The SMILES string of the molecule is Cc1c(NC(=O)CC2CC3CCC(C2)N3)cccc1OCC(F)(F)F.Cl. The van der Waals surface area contributed by atoms with Gasteiger partial charge in [0.1, 0.15) is 5.75 Å². The minimum absolute atomic E-state index is 0. The number of rotatable bonds is 5. The smallest absolute Gasteiger partial charge is 0.422 e. The summed E-state index contributed by atoms with van der Waals surface area (Å²) in [5, 5.41) is 6.37. The molecule has 26 heavy (non-hydrogen) atoms. The number of carbonyl (C=O) groups excluding carboxylic acids is 1. The number of nitrogens with one attached hydrogen (secondary N) is 2. The Hall–Kier alpha value is -1.47. The van der Waals surface area contributed by atoms with Gasteiger partial charge in [0, 0.05) is 29.8 Å². The lowest BCUT2D eigenvalue weighted by Gasteiger charge is -2.28. The Bertz CT molecular complexity index is 627. The fraction of sp³-hybridized carbons (Fsp3) is 0.611. The summed E-state index contributed by atoms with van der Waals surface area (Å²) < 4.78 is 41.8. The first kappa shape index (κ1) is 20.8. The van der Waals surface area contributed by atoms with Gasteiger partial charge in [-0.1, -0.05) is 6.07 Å². The van der Waals surface area contributed by atoms with Gasteiger partial charge in [-0.15, -0.1) is 12.4 Å². The van der Waals surface area contributed by atoms with E-state index in [1.807, 2.05) is 0 Å². The minimum Gasteiger partial charge on any atom is -0.484 e. The summed E-state index contributed by atoms with van der Waals surface area (Å²) in [6.07, 6.45) is 0.443. The van der Waals surface area contributed by atoms with Gasteiger partial charge >= 0.3 is 6.18 Å². The van der Waals surface area contributed by atoms with E-state index in [0.717, 1.165) is 12.8 Å². The lowest BCUT2D eigenvalue weighted by molar-refractivity contribution is -0.153. The van der Waals surface area contributed by atoms with Crippen LogP contribution in [0.1, 0.15) is 37.7 Å². The van der Waals surface area contributed by atoms with Gasteiger partial charge in [-0.3, -0.25) is 4.79 Å². The highest BCUT2D eigenvalue weighted by molar-refractivity contribution is 5.92. The maximum Gasteiger partial charge on any atom is 0.422 e. The number of hydrogen-bond donors (Lipinski definition) is 2. The third-order valence-corrected chi connectivity index (χ3v) is 4.99. The Morgan fingerprint density at radius 2 is 1.92 bits per heavy atom. The number of piperidine rings is 1. The summed E-state index contributed by atoms with van der Waals surface area (Å²) in [5.41, 5.74) is 1.01. The van der Waals surface area contributed by atoms with Crippen molar-refractivity contribution in [2.24, 2.45) is 5.92 Å². The molecule has 2 atom stereocenters. The van der Waals surface area contributed by atoms with Crippen LogP contribution >= 0.6 is 12.4 Å². The monoisotopic (exact) mass is 392 g/mol. The van der Waals surface area contributed by atoms with Gasteiger partial charge in [-0.05, 0) is 50.7 Å². The third kappa shape index (κ3) is 5.51. The zero-order chi connectivity index (χ0) is 18.0. The number of anilines is 1. The summed E-state index contributed by atoms with van der Waals surface area (Å²) in [5.74, 6) is 0.404. The highest BCUT2D eigenvalue weighted by Gasteiger charge is 2.34. The molecule has 2 fully saturated rings. The predicted octanol–water partition coefficient (Wildman–Crippen LogP) is 4.22. The van der Waals surface area contributed by atoms with Gasteiger partial charge in [-0.25, -0.2) is 0 Å². The molecule has 2 unspecified atom stereocenters. The van der Waals surface area contributed by atoms with Gasteiger partial charge in [-0.2, -0.15) is 13.2 Å². The molecule has 2 heterocycles. The summed E-state index contributed by atoms with van der Waals surface area (Å²) in [4.78, 5) is 12.3. The largest absolute Gasteiger partial charge is 0.484 e. The van der Waals surface area contributed by atoms with Gasteiger partial charge < -0.3 is 15.4 Å². The molecule has 0 saturated carbocycles. The summed E-state index contributed by atoms with van der Waals surface area (Å²) in [7, 11) is 0. The third-order valence-electron chi connectivity index (χ3n) is 4.99.